The molecule has 7 heteroatoms. The Kier molecular flexibility index (Phi) is 5.48. The predicted molar refractivity (Wildman–Crippen MR) is 114 cm³/mol. The Hall–Kier alpha value is -2.57. The first-order chi connectivity index (χ1) is 14.0. The molecule has 0 spiro atoms. The molecule has 4 rings (SSSR count). The Bertz CT molecular complexity index is 926. The fourth-order valence-corrected chi connectivity index (χ4v) is 4.22. The standard InChI is InChI=1S/C22H24ClN3O3/c1-15-12-18(20(29-2)13-17(15)23)26-21(27)14-19(22(26)28)25-10-8-24(9-11-25)16-6-4-3-5-7-16/h3-7,12-13,19H,8-11,14H2,1-2H3/t19-/m1/s1. The average molecular weight is 414 g/mol. The third-order valence-corrected chi connectivity index (χ3v) is 6.11. The summed E-state index contributed by atoms with van der Waals surface area (Å²) in [6, 6.07) is 13.2. The maximum Gasteiger partial charge on any atom is 0.251 e. The van der Waals surface area contributed by atoms with Crippen LogP contribution < -0.4 is 14.5 Å². The normalized spacial score (nSPS) is 20.4. The van der Waals surface area contributed by atoms with Crippen LogP contribution >= 0.6 is 11.6 Å². The molecule has 2 aromatic carbocycles. The Morgan fingerprint density at radius 3 is 2.38 bits per heavy atom. The first-order valence-corrected chi connectivity index (χ1v) is 10.1. The second-order valence-electron chi connectivity index (χ2n) is 7.42. The number of hydrogen-bond acceptors (Lipinski definition) is 5. The minimum absolute atomic E-state index is 0.189. The highest BCUT2D eigenvalue weighted by molar-refractivity contribution is 6.32. The SMILES string of the molecule is COc1cc(Cl)c(C)cc1N1C(=O)C[C@@H](N2CCN(c3ccccc3)CC2)C1=O. The number of amides is 2. The summed E-state index contributed by atoms with van der Waals surface area (Å²) in [6.07, 6.45) is 0.189. The zero-order chi connectivity index (χ0) is 20.5. The summed E-state index contributed by atoms with van der Waals surface area (Å²) >= 11 is 6.18. The molecule has 0 bridgehead atoms. The van der Waals surface area contributed by atoms with Crippen LogP contribution in [0.5, 0.6) is 5.75 Å². The smallest absolute Gasteiger partial charge is 0.251 e. The molecule has 0 unspecified atom stereocenters. The highest BCUT2D eigenvalue weighted by atomic mass is 35.5. The van der Waals surface area contributed by atoms with Crippen LogP contribution in [0.25, 0.3) is 0 Å². The van der Waals surface area contributed by atoms with E-state index in [-0.39, 0.29) is 18.2 Å². The van der Waals surface area contributed by atoms with E-state index in [4.69, 9.17) is 16.3 Å². The Morgan fingerprint density at radius 1 is 1.03 bits per heavy atom. The van der Waals surface area contributed by atoms with Gasteiger partial charge in [0.2, 0.25) is 5.91 Å². The molecule has 0 aliphatic carbocycles. The topological polar surface area (TPSA) is 53.1 Å². The van der Waals surface area contributed by atoms with E-state index in [1.807, 2.05) is 25.1 Å². The Balaban J connectivity index is 1.50. The summed E-state index contributed by atoms with van der Waals surface area (Å²) in [5, 5.41) is 0.540. The number of nitrogens with zero attached hydrogens (tertiary/aromatic N) is 3. The number of imide groups is 1. The monoisotopic (exact) mass is 413 g/mol. The lowest BCUT2D eigenvalue weighted by atomic mass is 10.1. The molecule has 2 heterocycles. The Morgan fingerprint density at radius 2 is 1.72 bits per heavy atom. The molecule has 0 N–H and O–H groups in total. The number of halogens is 1. The number of benzene rings is 2. The van der Waals surface area contributed by atoms with Gasteiger partial charge in [-0.1, -0.05) is 29.8 Å². The fourth-order valence-electron chi connectivity index (χ4n) is 4.07. The number of ether oxygens (including phenoxy) is 1. The van der Waals surface area contributed by atoms with Gasteiger partial charge in [-0.05, 0) is 30.7 Å². The molecule has 0 radical (unpaired) electrons. The number of hydrogen-bond donors (Lipinski definition) is 0. The largest absolute Gasteiger partial charge is 0.495 e. The molecule has 2 saturated heterocycles. The van der Waals surface area contributed by atoms with Crippen LogP contribution in [-0.2, 0) is 9.59 Å². The molecule has 29 heavy (non-hydrogen) atoms. The number of para-hydroxylation sites is 1. The zero-order valence-electron chi connectivity index (χ0n) is 16.6. The molecule has 1 atom stereocenters. The maximum absolute atomic E-state index is 13.2. The van der Waals surface area contributed by atoms with Gasteiger partial charge in [0.25, 0.3) is 5.91 Å². The highest BCUT2D eigenvalue weighted by Gasteiger charge is 2.44. The van der Waals surface area contributed by atoms with Crippen molar-refractivity contribution in [3.05, 3.63) is 53.1 Å². The van der Waals surface area contributed by atoms with E-state index in [9.17, 15) is 9.59 Å². The van der Waals surface area contributed by atoms with Crippen LogP contribution in [-0.4, -0.2) is 56.0 Å². The van der Waals surface area contributed by atoms with E-state index in [1.54, 1.807) is 12.1 Å². The second-order valence-corrected chi connectivity index (χ2v) is 7.83. The number of aryl methyl sites for hydroxylation is 1. The van der Waals surface area contributed by atoms with Crippen LogP contribution in [0.2, 0.25) is 5.02 Å². The van der Waals surface area contributed by atoms with Crippen molar-refractivity contribution in [1.29, 1.82) is 0 Å². The van der Waals surface area contributed by atoms with Crippen molar-refractivity contribution < 1.29 is 14.3 Å². The molecule has 0 saturated carbocycles. The lowest BCUT2D eigenvalue weighted by Gasteiger charge is -2.38. The number of piperazine rings is 1. The fraction of sp³-hybridized carbons (Fsp3) is 0.364. The minimum atomic E-state index is -0.430. The molecular formula is C22H24ClN3O3. The third-order valence-electron chi connectivity index (χ3n) is 5.70. The molecule has 0 aromatic heterocycles. The van der Waals surface area contributed by atoms with Crippen LogP contribution in [0.15, 0.2) is 42.5 Å². The van der Waals surface area contributed by atoms with Gasteiger partial charge in [0.1, 0.15) is 5.75 Å². The van der Waals surface area contributed by atoms with E-state index in [1.165, 1.54) is 17.7 Å². The average Bonchev–Trinajstić information content (AvgIpc) is 3.04. The number of rotatable bonds is 4. The van der Waals surface area contributed by atoms with E-state index >= 15 is 0 Å². The van der Waals surface area contributed by atoms with Gasteiger partial charge in [-0.25, -0.2) is 4.90 Å². The van der Waals surface area contributed by atoms with Crippen LogP contribution in [0.4, 0.5) is 11.4 Å². The molecule has 6 nitrogen and oxygen atoms in total. The van der Waals surface area contributed by atoms with E-state index in [0.29, 0.717) is 16.5 Å². The number of carbonyl (C=O) groups is 2. The lowest BCUT2D eigenvalue weighted by molar-refractivity contribution is -0.123. The van der Waals surface area contributed by atoms with E-state index in [2.05, 4.69) is 21.9 Å². The number of methoxy groups -OCH3 is 1. The minimum Gasteiger partial charge on any atom is -0.495 e. The van der Waals surface area contributed by atoms with Gasteiger partial charge >= 0.3 is 0 Å². The molecule has 2 amide bonds. The third kappa shape index (κ3) is 3.70. The van der Waals surface area contributed by atoms with Crippen molar-refractivity contribution in [2.45, 2.75) is 19.4 Å². The number of carbonyl (C=O) groups excluding carboxylic acids is 2. The second kappa shape index (κ2) is 8.05. The highest BCUT2D eigenvalue weighted by Crippen LogP contribution is 2.37. The Labute approximate surface area is 175 Å². The molecule has 2 aliphatic heterocycles. The van der Waals surface area contributed by atoms with Crippen molar-refractivity contribution in [3.63, 3.8) is 0 Å². The summed E-state index contributed by atoms with van der Waals surface area (Å²) in [5.74, 6) is 0.0329. The van der Waals surface area contributed by atoms with Gasteiger partial charge in [-0.2, -0.15) is 0 Å². The summed E-state index contributed by atoms with van der Waals surface area (Å²) < 4.78 is 5.38. The lowest BCUT2D eigenvalue weighted by Crippen LogP contribution is -2.52. The van der Waals surface area contributed by atoms with Crippen LogP contribution in [0.1, 0.15) is 12.0 Å². The van der Waals surface area contributed by atoms with E-state index < -0.39 is 6.04 Å². The van der Waals surface area contributed by atoms with Crippen molar-refractivity contribution in [2.75, 3.05) is 43.1 Å². The summed E-state index contributed by atoms with van der Waals surface area (Å²) in [7, 11) is 1.51. The van der Waals surface area contributed by atoms with Crippen molar-refractivity contribution in [2.24, 2.45) is 0 Å². The van der Waals surface area contributed by atoms with Crippen LogP contribution in [0.3, 0.4) is 0 Å². The van der Waals surface area contributed by atoms with Gasteiger partial charge in [0.15, 0.2) is 0 Å². The van der Waals surface area contributed by atoms with Gasteiger partial charge < -0.3 is 9.64 Å². The first kappa shape index (κ1) is 19.7. The quantitative estimate of drug-likeness (QED) is 0.721. The van der Waals surface area contributed by atoms with Crippen molar-refractivity contribution in [3.8, 4) is 5.75 Å². The van der Waals surface area contributed by atoms with Crippen molar-refractivity contribution >= 4 is 34.8 Å². The van der Waals surface area contributed by atoms with Gasteiger partial charge in [0.05, 0.1) is 25.3 Å². The molecular weight excluding hydrogens is 390 g/mol. The predicted octanol–water partition coefficient (Wildman–Crippen LogP) is 3.11. The molecule has 2 fully saturated rings. The number of anilines is 2. The molecule has 2 aromatic rings. The summed E-state index contributed by atoms with van der Waals surface area (Å²) in [4.78, 5) is 31.6. The van der Waals surface area contributed by atoms with Crippen LogP contribution in [0, 0.1) is 6.92 Å². The first-order valence-electron chi connectivity index (χ1n) is 9.74. The van der Waals surface area contributed by atoms with E-state index in [0.717, 1.165) is 31.7 Å². The molecule has 2 aliphatic rings. The van der Waals surface area contributed by atoms with Crippen molar-refractivity contribution in [1.82, 2.24) is 4.90 Å². The molecule has 152 valence electrons. The van der Waals surface area contributed by atoms with Gasteiger partial charge in [-0.15, -0.1) is 0 Å². The zero-order valence-corrected chi connectivity index (χ0v) is 17.4. The van der Waals surface area contributed by atoms with Gasteiger partial charge in [0, 0.05) is 43.0 Å². The summed E-state index contributed by atoms with van der Waals surface area (Å²) in [5.41, 5.74) is 2.45. The maximum atomic E-state index is 13.2. The van der Waals surface area contributed by atoms with Gasteiger partial charge in [-0.3, -0.25) is 14.5 Å². The summed E-state index contributed by atoms with van der Waals surface area (Å²) in [6.45, 7) is 4.97.